The fourth-order valence-electron chi connectivity index (χ4n) is 3.15. The molecule has 0 aliphatic rings. The highest BCUT2D eigenvalue weighted by Gasteiger charge is 2.19. The zero-order chi connectivity index (χ0) is 24.9. The smallest absolute Gasteiger partial charge is 0.412 e. The molecule has 2 amide bonds. The summed E-state index contributed by atoms with van der Waals surface area (Å²) in [6.07, 6.45) is 2.32. The van der Waals surface area contributed by atoms with E-state index >= 15 is 0 Å². The molecular formula is C26H26ClN3O4. The van der Waals surface area contributed by atoms with Gasteiger partial charge in [0.1, 0.15) is 5.60 Å². The summed E-state index contributed by atoms with van der Waals surface area (Å²) < 4.78 is 5.29. The summed E-state index contributed by atoms with van der Waals surface area (Å²) in [4.78, 5) is 41.8. The molecule has 0 atom stereocenters. The van der Waals surface area contributed by atoms with Crippen LogP contribution in [0.15, 0.2) is 60.9 Å². The summed E-state index contributed by atoms with van der Waals surface area (Å²) in [5.41, 5.74) is 2.70. The molecule has 0 saturated heterocycles. The first-order valence-corrected chi connectivity index (χ1v) is 11.0. The van der Waals surface area contributed by atoms with Crippen molar-refractivity contribution in [1.29, 1.82) is 0 Å². The second-order valence-corrected chi connectivity index (χ2v) is 9.15. The molecule has 0 unspecified atom stereocenters. The Bertz CT molecular complexity index is 1220. The number of nitrogens with zero attached hydrogens (tertiary/aromatic N) is 1. The SMILES string of the molecule is Cc1cc(NC(=O)OC(C)(C)C)c(NC(=O)CC(=O)c2cccc(-c3cccnc3)c2)cc1Cl. The number of Topliss-reactive ketones (excluding diaryl/α,β-unsaturated/α-hetero) is 1. The number of halogens is 1. The first-order valence-electron chi connectivity index (χ1n) is 10.7. The van der Waals surface area contributed by atoms with Crippen LogP contribution >= 0.6 is 11.6 Å². The standard InChI is InChI=1S/C26H26ClN3O4/c1-16-11-21(30-25(33)34-26(2,3)4)22(13-20(16)27)29-24(32)14-23(31)18-8-5-7-17(12-18)19-9-6-10-28-15-19/h5-13,15H,14H2,1-4H3,(H,29,32)(H,30,33). The van der Waals surface area contributed by atoms with Crippen LogP contribution in [-0.4, -0.2) is 28.4 Å². The van der Waals surface area contributed by atoms with Gasteiger partial charge in [0.2, 0.25) is 5.91 Å². The molecule has 3 rings (SSSR count). The minimum absolute atomic E-state index is 0.267. The topological polar surface area (TPSA) is 97.4 Å². The number of carbonyl (C=O) groups is 3. The maximum Gasteiger partial charge on any atom is 0.412 e. The van der Waals surface area contributed by atoms with Crippen molar-refractivity contribution >= 4 is 40.8 Å². The number of anilines is 2. The van der Waals surface area contributed by atoms with Crippen molar-refractivity contribution in [3.05, 3.63) is 77.1 Å². The first-order chi connectivity index (χ1) is 16.0. The molecular weight excluding hydrogens is 454 g/mol. The molecule has 0 radical (unpaired) electrons. The maximum atomic E-state index is 12.8. The van der Waals surface area contributed by atoms with E-state index in [0.717, 1.165) is 11.1 Å². The van der Waals surface area contributed by atoms with E-state index in [1.165, 1.54) is 6.07 Å². The van der Waals surface area contributed by atoms with Crippen LogP contribution in [0.2, 0.25) is 5.02 Å². The summed E-state index contributed by atoms with van der Waals surface area (Å²) in [5, 5.41) is 5.70. The Morgan fingerprint density at radius 2 is 1.68 bits per heavy atom. The van der Waals surface area contributed by atoms with Crippen molar-refractivity contribution in [2.24, 2.45) is 0 Å². The molecule has 176 valence electrons. The fourth-order valence-corrected chi connectivity index (χ4v) is 3.31. The molecule has 0 aliphatic heterocycles. The largest absolute Gasteiger partial charge is 0.444 e. The van der Waals surface area contributed by atoms with Crippen LogP contribution < -0.4 is 10.6 Å². The normalized spacial score (nSPS) is 11.0. The molecule has 34 heavy (non-hydrogen) atoms. The lowest BCUT2D eigenvalue weighted by Crippen LogP contribution is -2.27. The number of hydrogen-bond acceptors (Lipinski definition) is 5. The molecule has 1 aromatic heterocycles. The Kier molecular flexibility index (Phi) is 7.68. The molecule has 2 aromatic carbocycles. The minimum atomic E-state index is -0.689. The van der Waals surface area contributed by atoms with Gasteiger partial charge in [-0.3, -0.25) is 19.9 Å². The van der Waals surface area contributed by atoms with Crippen molar-refractivity contribution in [2.45, 2.75) is 39.7 Å². The van der Waals surface area contributed by atoms with E-state index in [4.69, 9.17) is 16.3 Å². The van der Waals surface area contributed by atoms with Gasteiger partial charge < -0.3 is 10.1 Å². The van der Waals surface area contributed by atoms with Gasteiger partial charge in [0, 0.05) is 28.5 Å². The highest BCUT2D eigenvalue weighted by atomic mass is 35.5. The number of aromatic nitrogens is 1. The molecule has 0 aliphatic carbocycles. The van der Waals surface area contributed by atoms with E-state index in [0.29, 0.717) is 21.8 Å². The van der Waals surface area contributed by atoms with Gasteiger partial charge in [-0.2, -0.15) is 0 Å². The lowest BCUT2D eigenvalue weighted by atomic mass is 10.0. The third-order valence-corrected chi connectivity index (χ3v) is 5.12. The van der Waals surface area contributed by atoms with Gasteiger partial charge in [0.25, 0.3) is 0 Å². The molecule has 8 heteroatoms. The predicted molar refractivity (Wildman–Crippen MR) is 133 cm³/mol. The van der Waals surface area contributed by atoms with Gasteiger partial charge in [-0.15, -0.1) is 0 Å². The summed E-state index contributed by atoms with van der Waals surface area (Å²) in [5.74, 6) is -0.882. The van der Waals surface area contributed by atoms with E-state index in [1.54, 1.807) is 64.4 Å². The quantitative estimate of drug-likeness (QED) is 0.321. The van der Waals surface area contributed by atoms with Crippen LogP contribution in [0.3, 0.4) is 0 Å². The van der Waals surface area contributed by atoms with Gasteiger partial charge in [-0.05, 0) is 63.1 Å². The second-order valence-electron chi connectivity index (χ2n) is 8.74. The summed E-state index contributed by atoms with van der Waals surface area (Å²) >= 11 is 6.22. The van der Waals surface area contributed by atoms with Crippen molar-refractivity contribution < 1.29 is 19.1 Å². The number of carbonyl (C=O) groups excluding carboxylic acids is 3. The number of ether oxygens (including phenoxy) is 1. The lowest BCUT2D eigenvalue weighted by molar-refractivity contribution is -0.115. The minimum Gasteiger partial charge on any atom is -0.444 e. The average Bonchev–Trinajstić information content (AvgIpc) is 2.76. The second kappa shape index (κ2) is 10.5. The Hall–Kier alpha value is -3.71. The Balaban J connectivity index is 1.74. The molecule has 3 aromatic rings. The average molecular weight is 480 g/mol. The zero-order valence-electron chi connectivity index (χ0n) is 19.4. The number of benzene rings is 2. The third kappa shape index (κ3) is 6.89. The predicted octanol–water partition coefficient (Wildman–Crippen LogP) is 6.27. The van der Waals surface area contributed by atoms with Crippen molar-refractivity contribution in [3.63, 3.8) is 0 Å². The number of hydrogen-bond donors (Lipinski definition) is 2. The van der Waals surface area contributed by atoms with Gasteiger partial charge in [-0.25, -0.2) is 4.79 Å². The zero-order valence-corrected chi connectivity index (χ0v) is 20.2. The third-order valence-electron chi connectivity index (χ3n) is 4.71. The molecule has 1 heterocycles. The van der Waals surface area contributed by atoms with Crippen molar-refractivity contribution in [1.82, 2.24) is 4.98 Å². The molecule has 0 bridgehead atoms. The number of amides is 2. The van der Waals surface area contributed by atoms with Crippen molar-refractivity contribution in [3.8, 4) is 11.1 Å². The van der Waals surface area contributed by atoms with Crippen LogP contribution in [0, 0.1) is 6.92 Å². The molecule has 2 N–H and O–H groups in total. The van der Waals surface area contributed by atoms with Crippen LogP contribution in [0.25, 0.3) is 11.1 Å². The lowest BCUT2D eigenvalue weighted by Gasteiger charge is -2.21. The fraction of sp³-hybridized carbons (Fsp3) is 0.231. The van der Waals surface area contributed by atoms with Crippen LogP contribution in [0.5, 0.6) is 0 Å². The van der Waals surface area contributed by atoms with E-state index in [-0.39, 0.29) is 17.9 Å². The van der Waals surface area contributed by atoms with E-state index in [2.05, 4.69) is 15.6 Å². The monoisotopic (exact) mass is 479 g/mol. The summed E-state index contributed by atoms with van der Waals surface area (Å²) in [6, 6.07) is 13.9. The van der Waals surface area contributed by atoms with E-state index in [1.807, 2.05) is 18.2 Å². The van der Waals surface area contributed by atoms with E-state index in [9.17, 15) is 14.4 Å². The van der Waals surface area contributed by atoms with Gasteiger partial charge in [0.15, 0.2) is 5.78 Å². The highest BCUT2D eigenvalue weighted by Crippen LogP contribution is 2.30. The molecule has 0 fully saturated rings. The van der Waals surface area contributed by atoms with Crippen LogP contribution in [0.1, 0.15) is 43.1 Å². The maximum absolute atomic E-state index is 12.8. The molecule has 0 spiro atoms. The summed E-state index contributed by atoms with van der Waals surface area (Å²) in [6.45, 7) is 7.01. The van der Waals surface area contributed by atoms with Gasteiger partial charge >= 0.3 is 6.09 Å². The van der Waals surface area contributed by atoms with E-state index < -0.39 is 17.6 Å². The Labute approximate surface area is 203 Å². The van der Waals surface area contributed by atoms with Gasteiger partial charge in [0.05, 0.1) is 17.8 Å². The Morgan fingerprint density at radius 3 is 2.35 bits per heavy atom. The number of pyridine rings is 1. The molecule has 7 nitrogen and oxygen atoms in total. The van der Waals surface area contributed by atoms with Gasteiger partial charge in [-0.1, -0.05) is 35.9 Å². The number of ketones is 1. The number of nitrogens with one attached hydrogen (secondary N) is 2. The van der Waals surface area contributed by atoms with Crippen LogP contribution in [0.4, 0.5) is 16.2 Å². The highest BCUT2D eigenvalue weighted by molar-refractivity contribution is 6.32. The van der Waals surface area contributed by atoms with Crippen LogP contribution in [-0.2, 0) is 9.53 Å². The molecule has 0 saturated carbocycles. The summed E-state index contributed by atoms with van der Waals surface area (Å²) in [7, 11) is 0. The first kappa shape index (κ1) is 24.9. The number of aryl methyl sites for hydroxylation is 1. The number of rotatable bonds is 6. The Morgan fingerprint density at radius 1 is 0.971 bits per heavy atom. The van der Waals surface area contributed by atoms with Crippen molar-refractivity contribution in [2.75, 3.05) is 10.6 Å².